The zero-order valence-electron chi connectivity index (χ0n) is 51.5. The molecular weight excluding hydrogens is 997 g/mol. The fourth-order valence-electron chi connectivity index (χ4n) is 7.85. The van der Waals surface area contributed by atoms with Gasteiger partial charge in [-0.15, -0.1) is 0 Å². The van der Waals surface area contributed by atoms with Crippen LogP contribution in [0.4, 0.5) is 0 Å². The van der Waals surface area contributed by atoms with Gasteiger partial charge in [-0.05, 0) is 161 Å². The fraction of sp³-hybridized carbons (Fsp3) is 0.533. The molecule has 0 saturated carbocycles. The molecule has 6 heteroatoms. The Labute approximate surface area is 497 Å². The van der Waals surface area contributed by atoms with E-state index in [-0.39, 0.29) is 44.0 Å². The van der Waals surface area contributed by atoms with Crippen molar-refractivity contribution in [3.05, 3.63) is 194 Å². The predicted octanol–water partition coefficient (Wildman–Crippen LogP) is 22.2. The summed E-state index contributed by atoms with van der Waals surface area (Å²) in [5, 5.41) is 0. The number of esters is 3. The zero-order chi connectivity index (χ0) is 58.5. The average Bonchev–Trinajstić information content (AvgIpc) is 3.46. The molecule has 0 aromatic carbocycles. The van der Waals surface area contributed by atoms with Crippen molar-refractivity contribution < 1.29 is 28.6 Å². The van der Waals surface area contributed by atoms with Crippen LogP contribution in [0.25, 0.3) is 0 Å². The summed E-state index contributed by atoms with van der Waals surface area (Å²) in [6.07, 6.45) is 102. The number of rotatable bonds is 55. The van der Waals surface area contributed by atoms with Crippen LogP contribution < -0.4 is 0 Å². The van der Waals surface area contributed by atoms with Gasteiger partial charge in [0.25, 0.3) is 0 Å². The number of ether oxygens (including phenoxy) is 3. The van der Waals surface area contributed by atoms with Crippen molar-refractivity contribution in [2.75, 3.05) is 13.2 Å². The van der Waals surface area contributed by atoms with Crippen LogP contribution in [0.3, 0.4) is 0 Å². The molecule has 1 unspecified atom stereocenters. The lowest BCUT2D eigenvalue weighted by molar-refractivity contribution is -0.167. The Balaban J connectivity index is 4.57. The van der Waals surface area contributed by atoms with Crippen LogP contribution >= 0.6 is 0 Å². The van der Waals surface area contributed by atoms with Crippen LogP contribution in [-0.4, -0.2) is 37.2 Å². The second kappa shape index (κ2) is 66.8. The lowest BCUT2D eigenvalue weighted by Crippen LogP contribution is -2.30. The standard InChI is InChI=1S/C75H114O6/c1-4-7-10-13-16-19-22-25-27-29-31-33-35-36-37-38-40-41-43-45-47-50-53-56-59-62-65-68-74(77)80-71-72(70-79-73(76)67-64-61-58-55-52-49-24-21-18-15-12-9-6-3)81-75(78)69-66-63-60-57-54-51-48-46-44-42-39-34-32-30-28-26-23-20-17-14-11-8-5-2/h7-8,10-11,16-17,19-21,24-28,31-34,36-37,40-42,44-45,47-48,51,53,56-57,60,72H,4-6,9,12-15,18,22-23,29-30,35,38-39,43,46,49-50,52,54-55,58-59,61-71H2,1-3H3/b10-7-,11-8-,19-16-,20-17-,24-21-,27-25-,28-26-,33-31-,34-32-,37-36-,41-40-,44-42-,47-45-,51-48-,56-53-,60-57-. The van der Waals surface area contributed by atoms with Crippen LogP contribution in [0, 0.1) is 0 Å². The van der Waals surface area contributed by atoms with Crippen molar-refractivity contribution in [3.63, 3.8) is 0 Å². The van der Waals surface area contributed by atoms with Gasteiger partial charge in [-0.1, -0.05) is 254 Å². The molecular formula is C75H114O6. The van der Waals surface area contributed by atoms with Crippen LogP contribution in [-0.2, 0) is 28.6 Å². The Morgan fingerprint density at radius 1 is 0.259 bits per heavy atom. The second-order valence-corrected chi connectivity index (χ2v) is 20.2. The quantitative estimate of drug-likeness (QED) is 0.0261. The molecule has 0 heterocycles. The topological polar surface area (TPSA) is 78.9 Å². The fourth-order valence-corrected chi connectivity index (χ4v) is 7.85. The van der Waals surface area contributed by atoms with Gasteiger partial charge in [0.2, 0.25) is 0 Å². The van der Waals surface area contributed by atoms with Crippen molar-refractivity contribution in [2.24, 2.45) is 0 Å². The third-order valence-corrected chi connectivity index (χ3v) is 12.6. The molecule has 6 nitrogen and oxygen atoms in total. The van der Waals surface area contributed by atoms with Crippen molar-refractivity contribution >= 4 is 17.9 Å². The molecule has 0 rings (SSSR count). The molecule has 0 aliphatic carbocycles. The van der Waals surface area contributed by atoms with Crippen LogP contribution in [0.1, 0.15) is 239 Å². The first-order chi connectivity index (χ1) is 40.0. The first-order valence-corrected chi connectivity index (χ1v) is 31.9. The van der Waals surface area contributed by atoms with Gasteiger partial charge in [-0.25, -0.2) is 0 Å². The highest BCUT2D eigenvalue weighted by Crippen LogP contribution is 2.12. The van der Waals surface area contributed by atoms with E-state index in [0.29, 0.717) is 19.3 Å². The number of hydrogen-bond donors (Lipinski definition) is 0. The number of allylic oxidation sites excluding steroid dienone is 32. The lowest BCUT2D eigenvalue weighted by atomic mass is 10.1. The molecule has 0 aliphatic heterocycles. The highest BCUT2D eigenvalue weighted by Gasteiger charge is 2.19. The van der Waals surface area contributed by atoms with Crippen molar-refractivity contribution in [3.8, 4) is 0 Å². The minimum absolute atomic E-state index is 0.130. The Hall–Kier alpha value is -5.75. The van der Waals surface area contributed by atoms with Gasteiger partial charge >= 0.3 is 17.9 Å². The number of hydrogen-bond acceptors (Lipinski definition) is 6. The molecule has 0 N–H and O–H groups in total. The maximum absolute atomic E-state index is 12.9. The first kappa shape index (κ1) is 75.2. The van der Waals surface area contributed by atoms with E-state index in [1.807, 2.05) is 0 Å². The van der Waals surface area contributed by atoms with Gasteiger partial charge < -0.3 is 14.2 Å². The summed E-state index contributed by atoms with van der Waals surface area (Å²) in [7, 11) is 0. The van der Waals surface area contributed by atoms with Crippen molar-refractivity contribution in [1.29, 1.82) is 0 Å². The Kier molecular flexibility index (Phi) is 62.0. The molecule has 1 atom stereocenters. The normalized spacial score (nSPS) is 13.5. The van der Waals surface area contributed by atoms with Crippen molar-refractivity contribution in [2.45, 2.75) is 245 Å². The van der Waals surface area contributed by atoms with Gasteiger partial charge in [0.05, 0.1) is 0 Å². The number of unbranched alkanes of at least 4 members (excludes halogenated alkanes) is 12. The largest absolute Gasteiger partial charge is 0.462 e. The minimum atomic E-state index is -0.843. The molecule has 0 saturated heterocycles. The zero-order valence-corrected chi connectivity index (χ0v) is 51.5. The van der Waals surface area contributed by atoms with Gasteiger partial charge in [0, 0.05) is 19.3 Å². The van der Waals surface area contributed by atoms with Crippen LogP contribution in [0.15, 0.2) is 194 Å². The molecule has 0 radical (unpaired) electrons. The Bertz CT molecular complexity index is 1950. The van der Waals surface area contributed by atoms with Crippen LogP contribution in [0.5, 0.6) is 0 Å². The van der Waals surface area contributed by atoms with E-state index in [9.17, 15) is 14.4 Å². The third-order valence-electron chi connectivity index (χ3n) is 12.6. The van der Waals surface area contributed by atoms with E-state index in [2.05, 4.69) is 215 Å². The maximum atomic E-state index is 12.9. The molecule has 0 spiro atoms. The molecule has 0 aromatic heterocycles. The van der Waals surface area contributed by atoms with E-state index >= 15 is 0 Å². The monoisotopic (exact) mass is 1110 g/mol. The minimum Gasteiger partial charge on any atom is -0.462 e. The highest BCUT2D eigenvalue weighted by molar-refractivity contribution is 5.71. The average molecular weight is 1110 g/mol. The molecule has 0 amide bonds. The van der Waals surface area contributed by atoms with Crippen LogP contribution in [0.2, 0.25) is 0 Å². The van der Waals surface area contributed by atoms with Gasteiger partial charge in [-0.3, -0.25) is 14.4 Å². The lowest BCUT2D eigenvalue weighted by Gasteiger charge is -2.18. The van der Waals surface area contributed by atoms with Gasteiger partial charge in [0.15, 0.2) is 6.10 Å². The third kappa shape index (κ3) is 64.9. The summed E-state index contributed by atoms with van der Waals surface area (Å²) in [5.41, 5.74) is 0. The van der Waals surface area contributed by atoms with Gasteiger partial charge in [0.1, 0.15) is 13.2 Å². The summed E-state index contributed by atoms with van der Waals surface area (Å²) >= 11 is 0. The highest BCUT2D eigenvalue weighted by atomic mass is 16.6. The van der Waals surface area contributed by atoms with Gasteiger partial charge in [-0.2, -0.15) is 0 Å². The molecule has 450 valence electrons. The van der Waals surface area contributed by atoms with E-state index in [4.69, 9.17) is 14.2 Å². The van der Waals surface area contributed by atoms with E-state index in [1.54, 1.807) is 0 Å². The first-order valence-electron chi connectivity index (χ1n) is 31.9. The smallest absolute Gasteiger partial charge is 0.306 e. The summed E-state index contributed by atoms with van der Waals surface area (Å²) in [6.45, 7) is 6.29. The second-order valence-electron chi connectivity index (χ2n) is 20.2. The summed E-state index contributed by atoms with van der Waals surface area (Å²) in [5.74, 6) is -1.05. The molecule has 0 fully saturated rings. The summed E-state index contributed by atoms with van der Waals surface area (Å²) < 4.78 is 16.8. The Morgan fingerprint density at radius 3 is 0.827 bits per heavy atom. The number of carbonyl (C=O) groups excluding carboxylic acids is 3. The summed E-state index contributed by atoms with van der Waals surface area (Å²) in [4.78, 5) is 38.3. The Morgan fingerprint density at radius 2 is 0.494 bits per heavy atom. The molecule has 0 aromatic rings. The SMILES string of the molecule is CC/C=C\C/C=C\C/C=C\C/C=C\C/C=C\C/C=C\C/C=C\C/C=C\CCCCC(=O)OCC(COC(=O)CCCCCCC/C=C\CCCCCC)OC(=O)CCC/C=C\C/C=C\C/C=C\C/C=C\C/C=C\C/C=C\C/C=C\CC. The van der Waals surface area contributed by atoms with E-state index in [1.165, 1.54) is 38.5 Å². The molecule has 0 bridgehead atoms. The molecule has 0 aliphatic rings. The predicted molar refractivity (Wildman–Crippen MR) is 352 cm³/mol. The van der Waals surface area contributed by atoms with E-state index in [0.717, 1.165) is 148 Å². The number of carbonyl (C=O) groups is 3. The van der Waals surface area contributed by atoms with Crippen molar-refractivity contribution in [1.82, 2.24) is 0 Å². The van der Waals surface area contributed by atoms with E-state index < -0.39 is 6.10 Å². The summed E-state index contributed by atoms with van der Waals surface area (Å²) in [6, 6.07) is 0. The molecule has 81 heavy (non-hydrogen) atoms. The maximum Gasteiger partial charge on any atom is 0.306 e.